The summed E-state index contributed by atoms with van der Waals surface area (Å²) in [4.78, 5) is 8.69. The number of anilines is 1. The maximum Gasteiger partial charge on any atom is 0.124 e. The maximum atomic E-state index is 13.6. The molecule has 0 unspecified atom stereocenters. The Kier molecular flexibility index (Phi) is 4.28. The number of nitrogens with zero attached hydrogens (tertiary/aromatic N) is 3. The van der Waals surface area contributed by atoms with E-state index in [-0.39, 0.29) is 5.82 Å². The van der Waals surface area contributed by atoms with Crippen LogP contribution >= 0.6 is 0 Å². The second-order valence-corrected chi connectivity index (χ2v) is 6.26. The number of hydrogen-bond acceptors (Lipinski definition) is 3. The molecule has 23 heavy (non-hydrogen) atoms. The Labute approximate surface area is 135 Å². The van der Waals surface area contributed by atoms with E-state index in [1.54, 1.807) is 6.07 Å². The van der Waals surface area contributed by atoms with Crippen LogP contribution in [-0.4, -0.2) is 14.5 Å². The normalized spacial score (nSPS) is 11.3. The molecule has 0 bridgehead atoms. The third-order valence-corrected chi connectivity index (χ3v) is 3.72. The van der Waals surface area contributed by atoms with Crippen LogP contribution in [-0.2, 0) is 13.1 Å². The minimum Gasteiger partial charge on any atom is -0.379 e. The van der Waals surface area contributed by atoms with Crippen molar-refractivity contribution in [3.63, 3.8) is 0 Å². The van der Waals surface area contributed by atoms with Crippen LogP contribution in [0, 0.1) is 18.7 Å². The summed E-state index contributed by atoms with van der Waals surface area (Å²) in [5, 5.41) is 4.20. The summed E-state index contributed by atoms with van der Waals surface area (Å²) in [6, 6.07) is 6.63. The van der Waals surface area contributed by atoms with Crippen LogP contribution in [0.1, 0.15) is 25.2 Å². The number of hydrogen-bond donors (Lipinski definition) is 1. The Morgan fingerprint density at radius 1 is 1.26 bits per heavy atom. The monoisotopic (exact) mass is 312 g/mol. The number of aryl methyl sites for hydroxylation is 1. The number of imidazole rings is 1. The lowest BCUT2D eigenvalue weighted by Crippen LogP contribution is -2.10. The summed E-state index contributed by atoms with van der Waals surface area (Å²) in [7, 11) is 0. The Bertz CT molecular complexity index is 823. The third kappa shape index (κ3) is 3.50. The minimum atomic E-state index is -0.254. The molecule has 0 saturated heterocycles. The van der Waals surface area contributed by atoms with Crippen LogP contribution in [0.2, 0.25) is 0 Å². The standard InChI is InChI=1S/C18H21FN4/c1-12(2)10-23-11-20-8-15(23)9-21-18-6-13(3)22-17-5-4-14(19)7-16(17)18/h4-8,11-12H,9-10H2,1-3H3,(H,21,22). The van der Waals surface area contributed by atoms with E-state index in [9.17, 15) is 4.39 Å². The molecule has 2 heterocycles. The Morgan fingerprint density at radius 3 is 2.87 bits per heavy atom. The molecule has 0 fully saturated rings. The lowest BCUT2D eigenvalue weighted by Gasteiger charge is -2.14. The summed E-state index contributed by atoms with van der Waals surface area (Å²) in [6.45, 7) is 7.87. The summed E-state index contributed by atoms with van der Waals surface area (Å²) >= 11 is 0. The predicted octanol–water partition coefficient (Wildman–Crippen LogP) is 4.15. The molecule has 120 valence electrons. The highest BCUT2D eigenvalue weighted by molar-refractivity contribution is 5.91. The first-order valence-corrected chi connectivity index (χ1v) is 7.82. The average Bonchev–Trinajstić information content (AvgIpc) is 2.91. The van der Waals surface area contributed by atoms with Gasteiger partial charge in [0.15, 0.2) is 0 Å². The zero-order valence-corrected chi connectivity index (χ0v) is 13.7. The van der Waals surface area contributed by atoms with Crippen molar-refractivity contribution in [2.45, 2.75) is 33.9 Å². The molecule has 0 aliphatic heterocycles. The second kappa shape index (κ2) is 6.36. The highest BCUT2D eigenvalue weighted by atomic mass is 19.1. The molecule has 0 amide bonds. The van der Waals surface area contributed by atoms with Crippen LogP contribution < -0.4 is 5.32 Å². The van der Waals surface area contributed by atoms with Gasteiger partial charge in [-0.1, -0.05) is 13.8 Å². The first-order valence-electron chi connectivity index (χ1n) is 7.82. The van der Waals surface area contributed by atoms with Crippen molar-refractivity contribution in [3.05, 3.63) is 54.0 Å². The molecule has 0 atom stereocenters. The first-order chi connectivity index (χ1) is 11.0. The number of halogens is 1. The van der Waals surface area contributed by atoms with Crippen molar-refractivity contribution in [1.82, 2.24) is 14.5 Å². The lowest BCUT2D eigenvalue weighted by molar-refractivity contribution is 0.511. The molecule has 0 aliphatic carbocycles. The van der Waals surface area contributed by atoms with Crippen molar-refractivity contribution in [3.8, 4) is 0 Å². The number of pyridine rings is 1. The average molecular weight is 312 g/mol. The molecule has 0 saturated carbocycles. The largest absolute Gasteiger partial charge is 0.379 e. The highest BCUT2D eigenvalue weighted by Crippen LogP contribution is 2.24. The van der Waals surface area contributed by atoms with E-state index >= 15 is 0 Å². The number of nitrogens with one attached hydrogen (secondary N) is 1. The van der Waals surface area contributed by atoms with E-state index in [0.29, 0.717) is 12.5 Å². The molecule has 3 aromatic rings. The van der Waals surface area contributed by atoms with Gasteiger partial charge in [0.1, 0.15) is 5.82 Å². The van der Waals surface area contributed by atoms with E-state index in [2.05, 4.69) is 33.7 Å². The first kappa shape index (κ1) is 15.5. The smallest absolute Gasteiger partial charge is 0.124 e. The third-order valence-electron chi connectivity index (χ3n) is 3.72. The van der Waals surface area contributed by atoms with Crippen LogP contribution in [0.4, 0.5) is 10.1 Å². The van der Waals surface area contributed by atoms with E-state index < -0.39 is 0 Å². The summed E-state index contributed by atoms with van der Waals surface area (Å²) in [5.74, 6) is 0.303. The van der Waals surface area contributed by atoms with Gasteiger partial charge in [0.05, 0.1) is 24.1 Å². The number of aromatic nitrogens is 3. The fourth-order valence-electron chi connectivity index (χ4n) is 2.72. The van der Waals surface area contributed by atoms with E-state index in [0.717, 1.165) is 34.5 Å². The minimum absolute atomic E-state index is 0.254. The van der Waals surface area contributed by atoms with Gasteiger partial charge in [-0.3, -0.25) is 4.98 Å². The molecule has 1 N–H and O–H groups in total. The van der Waals surface area contributed by atoms with Gasteiger partial charge in [0.2, 0.25) is 0 Å². The van der Waals surface area contributed by atoms with Crippen molar-refractivity contribution in [2.24, 2.45) is 5.92 Å². The molecule has 0 spiro atoms. The number of benzene rings is 1. The second-order valence-electron chi connectivity index (χ2n) is 6.26. The van der Waals surface area contributed by atoms with Gasteiger partial charge in [-0.05, 0) is 37.1 Å². The van der Waals surface area contributed by atoms with Gasteiger partial charge in [-0.15, -0.1) is 0 Å². The molecule has 4 nitrogen and oxygen atoms in total. The molecule has 0 radical (unpaired) electrons. The molecular weight excluding hydrogens is 291 g/mol. The van der Waals surface area contributed by atoms with Gasteiger partial charge in [-0.25, -0.2) is 9.37 Å². The summed E-state index contributed by atoms with van der Waals surface area (Å²) in [5.41, 5.74) is 3.70. The molecule has 0 aliphatic rings. The summed E-state index contributed by atoms with van der Waals surface area (Å²) in [6.07, 6.45) is 3.72. The van der Waals surface area contributed by atoms with Crippen LogP contribution in [0.15, 0.2) is 36.8 Å². The summed E-state index contributed by atoms with van der Waals surface area (Å²) < 4.78 is 15.7. The van der Waals surface area contributed by atoms with Gasteiger partial charge in [0.25, 0.3) is 0 Å². The van der Waals surface area contributed by atoms with Crippen LogP contribution in [0.3, 0.4) is 0 Å². The van der Waals surface area contributed by atoms with Crippen molar-refractivity contribution in [2.75, 3.05) is 5.32 Å². The Hall–Kier alpha value is -2.43. The predicted molar refractivity (Wildman–Crippen MR) is 90.8 cm³/mol. The zero-order chi connectivity index (χ0) is 16.4. The quantitative estimate of drug-likeness (QED) is 0.769. The van der Waals surface area contributed by atoms with Gasteiger partial charge in [-0.2, -0.15) is 0 Å². The van der Waals surface area contributed by atoms with Crippen molar-refractivity contribution >= 4 is 16.6 Å². The fraction of sp³-hybridized carbons (Fsp3) is 0.333. The SMILES string of the molecule is Cc1cc(NCc2cncn2CC(C)C)c2cc(F)ccc2n1. The molecule has 5 heteroatoms. The van der Waals surface area contributed by atoms with Gasteiger partial charge >= 0.3 is 0 Å². The Morgan fingerprint density at radius 2 is 2.09 bits per heavy atom. The zero-order valence-electron chi connectivity index (χ0n) is 13.7. The molecule has 3 rings (SSSR count). The van der Waals surface area contributed by atoms with Crippen LogP contribution in [0.25, 0.3) is 10.9 Å². The van der Waals surface area contributed by atoms with E-state index in [1.165, 1.54) is 12.1 Å². The molecule has 2 aromatic heterocycles. The van der Waals surface area contributed by atoms with Crippen molar-refractivity contribution in [1.29, 1.82) is 0 Å². The molecule has 1 aromatic carbocycles. The topological polar surface area (TPSA) is 42.7 Å². The lowest BCUT2D eigenvalue weighted by atomic mass is 10.1. The van der Waals surface area contributed by atoms with E-state index in [4.69, 9.17) is 0 Å². The number of rotatable bonds is 5. The highest BCUT2D eigenvalue weighted by Gasteiger charge is 2.08. The fourth-order valence-corrected chi connectivity index (χ4v) is 2.72. The van der Waals surface area contributed by atoms with Gasteiger partial charge in [0, 0.05) is 29.5 Å². The van der Waals surface area contributed by atoms with Gasteiger partial charge < -0.3 is 9.88 Å². The maximum absolute atomic E-state index is 13.6. The van der Waals surface area contributed by atoms with Crippen LogP contribution in [0.5, 0.6) is 0 Å². The molecular formula is C18H21FN4. The van der Waals surface area contributed by atoms with E-state index in [1.807, 2.05) is 25.5 Å². The Balaban J connectivity index is 1.87. The number of fused-ring (bicyclic) bond motifs is 1. The van der Waals surface area contributed by atoms with Crippen molar-refractivity contribution < 1.29 is 4.39 Å².